The van der Waals surface area contributed by atoms with Gasteiger partial charge >= 0.3 is 0 Å². The molecule has 2 amide bonds. The Bertz CT molecular complexity index is 1700. The molecule has 0 spiro atoms. The maximum absolute atomic E-state index is 13.5. The summed E-state index contributed by atoms with van der Waals surface area (Å²) in [4.78, 5) is 41.2. The molecule has 1 saturated heterocycles. The topological polar surface area (TPSA) is 92.7 Å². The molecule has 2 bridgehead atoms. The Hall–Kier alpha value is -4.92. The van der Waals surface area contributed by atoms with Gasteiger partial charge in [-0.05, 0) is 66.9 Å². The second-order valence-corrected chi connectivity index (χ2v) is 10.8. The Morgan fingerprint density at radius 1 is 0.905 bits per heavy atom. The fraction of sp³-hybridized carbons (Fsp3) is 0.242. The third-order valence-electron chi connectivity index (χ3n) is 8.07. The van der Waals surface area contributed by atoms with Gasteiger partial charge in [0.2, 0.25) is 0 Å². The Labute approximate surface area is 242 Å². The van der Waals surface area contributed by atoms with Crippen LogP contribution < -0.4 is 25.8 Å². The monoisotopic (exact) mass is 566 g/mol. The van der Waals surface area contributed by atoms with Gasteiger partial charge in [-0.3, -0.25) is 14.4 Å². The minimum absolute atomic E-state index is 0.0198. The number of rotatable bonds is 7. The van der Waals surface area contributed by atoms with E-state index >= 15 is 0 Å². The number of para-hydroxylation sites is 1. The van der Waals surface area contributed by atoms with E-state index in [9.17, 15) is 18.8 Å². The fourth-order valence-corrected chi connectivity index (χ4v) is 6.07. The number of anilines is 2. The normalized spacial score (nSPS) is 17.2. The first kappa shape index (κ1) is 27.3. The number of piperidine rings is 1. The summed E-state index contributed by atoms with van der Waals surface area (Å²) in [5.74, 6) is -0.0257. The number of hydrogen-bond donors (Lipinski definition) is 2. The van der Waals surface area contributed by atoms with Crippen molar-refractivity contribution in [2.24, 2.45) is 5.92 Å². The second-order valence-electron chi connectivity index (χ2n) is 10.8. The van der Waals surface area contributed by atoms with Crippen molar-refractivity contribution in [2.45, 2.75) is 25.4 Å². The standard InChI is InChI=1S/C33H31FN4O4/c1-42-30-7-3-2-5-24(30)17-35-32(40)23-11-14-29(27(16-23)36-33(41)22-9-12-26(34)13-10-22)37-18-21-15-25(20-37)28-6-4-8-31(39)38(28)19-21/h2-14,16,21,25H,15,17-20H2,1H3,(H,35,40)(H,36,41)/t21-,25+/m1/s1. The van der Waals surface area contributed by atoms with Crippen molar-refractivity contribution in [3.63, 3.8) is 0 Å². The van der Waals surface area contributed by atoms with E-state index in [1.54, 1.807) is 31.4 Å². The molecule has 9 heteroatoms. The maximum atomic E-state index is 13.5. The van der Waals surface area contributed by atoms with Gasteiger partial charge in [0.25, 0.3) is 17.4 Å². The van der Waals surface area contributed by atoms with Crippen LogP contribution in [0.1, 0.15) is 44.3 Å². The lowest BCUT2D eigenvalue weighted by Gasteiger charge is -2.44. The molecule has 3 aromatic carbocycles. The summed E-state index contributed by atoms with van der Waals surface area (Å²) >= 11 is 0. The molecule has 3 heterocycles. The molecule has 1 fully saturated rings. The molecule has 8 nitrogen and oxygen atoms in total. The lowest BCUT2D eigenvalue weighted by molar-refractivity contribution is 0.0949. The van der Waals surface area contributed by atoms with Crippen LogP contribution in [0.25, 0.3) is 0 Å². The Morgan fingerprint density at radius 2 is 1.69 bits per heavy atom. The number of carbonyl (C=O) groups is 2. The average molecular weight is 567 g/mol. The van der Waals surface area contributed by atoms with Crippen LogP contribution in [0, 0.1) is 11.7 Å². The average Bonchev–Trinajstić information content (AvgIpc) is 3.00. The number of amides is 2. The number of hydrogen-bond acceptors (Lipinski definition) is 5. The van der Waals surface area contributed by atoms with Gasteiger partial charge in [-0.1, -0.05) is 24.3 Å². The number of nitrogens with one attached hydrogen (secondary N) is 2. The largest absolute Gasteiger partial charge is 0.496 e. The van der Waals surface area contributed by atoms with Crippen molar-refractivity contribution in [2.75, 3.05) is 30.4 Å². The van der Waals surface area contributed by atoms with Crippen LogP contribution in [0.2, 0.25) is 0 Å². The van der Waals surface area contributed by atoms with E-state index in [0.29, 0.717) is 42.2 Å². The molecule has 42 heavy (non-hydrogen) atoms. The molecule has 6 rings (SSSR count). The maximum Gasteiger partial charge on any atom is 0.255 e. The highest BCUT2D eigenvalue weighted by Crippen LogP contribution is 2.39. The minimum atomic E-state index is -0.430. The van der Waals surface area contributed by atoms with Gasteiger partial charge in [0.15, 0.2) is 0 Å². The third kappa shape index (κ3) is 5.50. The summed E-state index contributed by atoms with van der Waals surface area (Å²) < 4.78 is 20.8. The van der Waals surface area contributed by atoms with Gasteiger partial charge in [0, 0.05) is 60.5 Å². The molecule has 0 radical (unpaired) electrons. The van der Waals surface area contributed by atoms with Crippen molar-refractivity contribution >= 4 is 23.2 Å². The first-order valence-corrected chi connectivity index (χ1v) is 14.0. The van der Waals surface area contributed by atoms with Crippen LogP contribution in [0.4, 0.5) is 15.8 Å². The molecular formula is C33H31FN4O4. The van der Waals surface area contributed by atoms with Crippen molar-refractivity contribution < 1.29 is 18.7 Å². The van der Waals surface area contributed by atoms with E-state index in [4.69, 9.17) is 4.74 Å². The number of pyridine rings is 1. The highest BCUT2D eigenvalue weighted by molar-refractivity contribution is 6.07. The molecule has 2 aliphatic heterocycles. The highest BCUT2D eigenvalue weighted by atomic mass is 19.1. The van der Waals surface area contributed by atoms with Crippen LogP contribution in [0.15, 0.2) is 89.7 Å². The molecule has 2 aliphatic rings. The number of halogens is 1. The number of methoxy groups -OCH3 is 1. The zero-order valence-electron chi connectivity index (χ0n) is 23.2. The Kier molecular flexibility index (Phi) is 7.48. The van der Waals surface area contributed by atoms with Crippen molar-refractivity contribution in [3.05, 3.63) is 123 Å². The minimum Gasteiger partial charge on any atom is -0.496 e. The van der Waals surface area contributed by atoms with Crippen LogP contribution >= 0.6 is 0 Å². The lowest BCUT2D eigenvalue weighted by Crippen LogP contribution is -2.47. The number of ether oxygens (including phenoxy) is 1. The summed E-state index contributed by atoms with van der Waals surface area (Å²) in [6.45, 7) is 2.29. The second kappa shape index (κ2) is 11.5. The SMILES string of the molecule is COc1ccccc1CNC(=O)c1ccc(N2C[C@H]3C[C@@H](C2)c2cccc(=O)n2C3)c(NC(=O)c2ccc(F)cc2)c1. The van der Waals surface area contributed by atoms with Gasteiger partial charge in [0.1, 0.15) is 11.6 Å². The zero-order valence-corrected chi connectivity index (χ0v) is 23.2. The van der Waals surface area contributed by atoms with Crippen LogP contribution in [-0.4, -0.2) is 36.6 Å². The van der Waals surface area contributed by atoms with E-state index in [1.807, 2.05) is 41.0 Å². The molecule has 0 unspecified atom stereocenters. The van der Waals surface area contributed by atoms with Gasteiger partial charge in [0.05, 0.1) is 18.5 Å². The van der Waals surface area contributed by atoms with Crippen molar-refractivity contribution in [3.8, 4) is 5.75 Å². The molecule has 2 atom stereocenters. The van der Waals surface area contributed by atoms with Gasteiger partial charge in [-0.2, -0.15) is 0 Å². The number of benzene rings is 3. The van der Waals surface area contributed by atoms with Crippen LogP contribution in [0.3, 0.4) is 0 Å². The lowest BCUT2D eigenvalue weighted by atomic mass is 9.83. The van der Waals surface area contributed by atoms with E-state index in [-0.39, 0.29) is 29.8 Å². The van der Waals surface area contributed by atoms with Gasteiger partial charge < -0.3 is 24.8 Å². The summed E-state index contributed by atoms with van der Waals surface area (Å²) in [7, 11) is 1.58. The molecule has 214 valence electrons. The molecule has 1 aromatic heterocycles. The van der Waals surface area contributed by atoms with E-state index in [1.165, 1.54) is 24.3 Å². The van der Waals surface area contributed by atoms with Gasteiger partial charge in [-0.15, -0.1) is 0 Å². The molecule has 4 aromatic rings. The first-order valence-electron chi connectivity index (χ1n) is 14.0. The van der Waals surface area contributed by atoms with E-state index in [0.717, 1.165) is 23.4 Å². The third-order valence-corrected chi connectivity index (χ3v) is 8.07. The molecular weight excluding hydrogens is 535 g/mol. The molecule has 0 aliphatic carbocycles. The van der Waals surface area contributed by atoms with E-state index < -0.39 is 11.7 Å². The number of aromatic nitrogens is 1. The number of fused-ring (bicyclic) bond motifs is 4. The quantitative estimate of drug-likeness (QED) is 0.335. The number of carbonyl (C=O) groups excluding carboxylic acids is 2. The Morgan fingerprint density at radius 3 is 2.50 bits per heavy atom. The van der Waals surface area contributed by atoms with Gasteiger partial charge in [-0.25, -0.2) is 4.39 Å². The fourth-order valence-electron chi connectivity index (χ4n) is 6.07. The predicted octanol–water partition coefficient (Wildman–Crippen LogP) is 4.80. The number of nitrogens with zero attached hydrogens (tertiary/aromatic N) is 2. The first-order chi connectivity index (χ1) is 20.4. The van der Waals surface area contributed by atoms with Crippen LogP contribution in [0.5, 0.6) is 5.75 Å². The van der Waals surface area contributed by atoms with Crippen molar-refractivity contribution in [1.82, 2.24) is 9.88 Å². The van der Waals surface area contributed by atoms with Crippen LogP contribution in [-0.2, 0) is 13.1 Å². The van der Waals surface area contributed by atoms with Crippen molar-refractivity contribution in [1.29, 1.82) is 0 Å². The highest BCUT2D eigenvalue weighted by Gasteiger charge is 2.35. The zero-order chi connectivity index (χ0) is 29.2. The van der Waals surface area contributed by atoms with E-state index in [2.05, 4.69) is 15.5 Å². The summed E-state index contributed by atoms with van der Waals surface area (Å²) in [6, 6.07) is 23.5. The summed E-state index contributed by atoms with van der Waals surface area (Å²) in [5, 5.41) is 5.90. The Balaban J connectivity index is 1.29. The smallest absolute Gasteiger partial charge is 0.255 e. The molecule has 2 N–H and O–H groups in total. The summed E-state index contributed by atoms with van der Waals surface area (Å²) in [5.41, 5.74) is 3.84. The summed E-state index contributed by atoms with van der Waals surface area (Å²) in [6.07, 6.45) is 0.987. The molecule has 0 saturated carbocycles. The predicted molar refractivity (Wildman–Crippen MR) is 159 cm³/mol.